The van der Waals surface area contributed by atoms with Crippen LogP contribution in [0.4, 0.5) is 21.8 Å². The number of morpholine rings is 1. The van der Waals surface area contributed by atoms with E-state index in [9.17, 15) is 4.39 Å². The molecule has 0 aliphatic carbocycles. The van der Waals surface area contributed by atoms with Gasteiger partial charge in [0.1, 0.15) is 11.6 Å². The predicted molar refractivity (Wildman–Crippen MR) is 111 cm³/mol. The van der Waals surface area contributed by atoms with Crippen LogP contribution in [0.5, 0.6) is 11.6 Å². The smallest absolute Gasteiger partial charge is 0.263 e. The Bertz CT molecular complexity index is 1160. The monoisotopic (exact) mass is 406 g/mol. The molecule has 0 unspecified atom stereocenters. The number of rotatable bonds is 5. The summed E-state index contributed by atoms with van der Waals surface area (Å²) in [6.07, 6.45) is 3.27. The standard InChI is InChI=1S/C21H19FN6O2/c22-14-1-6-17-18(13-14)27-21(26-17)25-15-2-4-16(5-3-15)30-20-19(23-7-8-24-20)28-9-11-29-12-10-28/h1-8,13H,9-12H2,(H2,25,26,27). The lowest BCUT2D eigenvalue weighted by Gasteiger charge is -2.28. The number of ether oxygens (including phenoxy) is 2. The first-order valence-corrected chi connectivity index (χ1v) is 9.58. The van der Waals surface area contributed by atoms with Gasteiger partial charge in [-0.05, 0) is 36.4 Å². The van der Waals surface area contributed by atoms with Crippen LogP contribution in [0.25, 0.3) is 11.0 Å². The van der Waals surface area contributed by atoms with E-state index >= 15 is 0 Å². The van der Waals surface area contributed by atoms with Gasteiger partial charge in [-0.15, -0.1) is 0 Å². The van der Waals surface area contributed by atoms with Crippen molar-refractivity contribution < 1.29 is 13.9 Å². The molecule has 0 amide bonds. The number of aromatic nitrogens is 4. The third-order valence-corrected chi connectivity index (χ3v) is 4.73. The highest BCUT2D eigenvalue weighted by molar-refractivity contribution is 5.78. The average molecular weight is 406 g/mol. The number of hydrogen-bond acceptors (Lipinski definition) is 7. The summed E-state index contributed by atoms with van der Waals surface area (Å²) < 4.78 is 24.7. The van der Waals surface area contributed by atoms with Gasteiger partial charge in [0.25, 0.3) is 5.88 Å². The molecule has 1 fully saturated rings. The van der Waals surface area contributed by atoms with Crippen LogP contribution in [0.2, 0.25) is 0 Å². The molecule has 1 aliphatic rings. The second-order valence-electron chi connectivity index (χ2n) is 6.78. The summed E-state index contributed by atoms with van der Waals surface area (Å²) >= 11 is 0. The quantitative estimate of drug-likeness (QED) is 0.520. The van der Waals surface area contributed by atoms with E-state index in [2.05, 4.69) is 30.2 Å². The second-order valence-corrected chi connectivity index (χ2v) is 6.78. The fourth-order valence-corrected chi connectivity index (χ4v) is 3.27. The first-order valence-electron chi connectivity index (χ1n) is 9.58. The lowest BCUT2D eigenvalue weighted by Crippen LogP contribution is -2.37. The number of hydrogen-bond donors (Lipinski definition) is 2. The van der Waals surface area contributed by atoms with Crippen LogP contribution >= 0.6 is 0 Å². The van der Waals surface area contributed by atoms with E-state index in [1.807, 2.05) is 24.3 Å². The Hall–Kier alpha value is -3.72. The first-order chi connectivity index (χ1) is 14.7. The van der Waals surface area contributed by atoms with Gasteiger partial charge in [0.2, 0.25) is 5.95 Å². The van der Waals surface area contributed by atoms with Crippen LogP contribution in [0.15, 0.2) is 54.9 Å². The molecule has 3 heterocycles. The van der Waals surface area contributed by atoms with E-state index in [0.29, 0.717) is 42.1 Å². The van der Waals surface area contributed by atoms with Crippen LogP contribution in [-0.2, 0) is 4.74 Å². The number of benzene rings is 2. The minimum Gasteiger partial charge on any atom is -0.436 e. The van der Waals surface area contributed by atoms with Crippen molar-refractivity contribution in [3.05, 3.63) is 60.7 Å². The highest BCUT2D eigenvalue weighted by atomic mass is 19.1. The van der Waals surface area contributed by atoms with Gasteiger partial charge in [-0.1, -0.05) is 0 Å². The van der Waals surface area contributed by atoms with Crippen LogP contribution in [0.3, 0.4) is 0 Å². The highest BCUT2D eigenvalue weighted by Crippen LogP contribution is 2.29. The molecule has 4 aromatic rings. The SMILES string of the molecule is Fc1ccc2[nH]c(Nc3ccc(Oc4nccnc4N4CCOCC4)cc3)nc2c1. The van der Waals surface area contributed by atoms with E-state index in [1.165, 1.54) is 12.1 Å². The Labute approximate surface area is 171 Å². The van der Waals surface area contributed by atoms with Gasteiger partial charge < -0.3 is 24.7 Å². The minimum atomic E-state index is -0.317. The molecule has 2 aromatic heterocycles. The fourth-order valence-electron chi connectivity index (χ4n) is 3.27. The van der Waals surface area contributed by atoms with Crippen molar-refractivity contribution in [3.8, 4) is 11.6 Å². The fraction of sp³-hybridized carbons (Fsp3) is 0.190. The number of H-pyrrole nitrogens is 1. The zero-order valence-corrected chi connectivity index (χ0v) is 16.0. The lowest BCUT2D eigenvalue weighted by molar-refractivity contribution is 0.122. The molecular weight excluding hydrogens is 387 g/mol. The highest BCUT2D eigenvalue weighted by Gasteiger charge is 2.18. The molecule has 152 valence electrons. The Kier molecular flexibility index (Phi) is 4.86. The molecule has 9 heteroatoms. The molecular formula is C21H19FN6O2. The number of imidazole rings is 1. The molecule has 30 heavy (non-hydrogen) atoms. The van der Waals surface area contributed by atoms with Crippen molar-refractivity contribution in [2.45, 2.75) is 0 Å². The van der Waals surface area contributed by atoms with E-state index in [-0.39, 0.29) is 5.82 Å². The summed E-state index contributed by atoms with van der Waals surface area (Å²) in [5.74, 6) is 2.02. The van der Waals surface area contributed by atoms with E-state index in [4.69, 9.17) is 9.47 Å². The van der Waals surface area contributed by atoms with Gasteiger partial charge in [-0.25, -0.2) is 19.3 Å². The predicted octanol–water partition coefficient (Wildman–Crippen LogP) is 3.86. The van der Waals surface area contributed by atoms with Gasteiger partial charge in [0.05, 0.1) is 24.2 Å². The van der Waals surface area contributed by atoms with Crippen molar-refractivity contribution >= 4 is 28.5 Å². The first kappa shape index (κ1) is 18.3. The summed E-state index contributed by atoms with van der Waals surface area (Å²) in [6.45, 7) is 2.81. The van der Waals surface area contributed by atoms with E-state index < -0.39 is 0 Å². The minimum absolute atomic E-state index is 0.317. The molecule has 1 aliphatic heterocycles. The summed E-state index contributed by atoms with van der Waals surface area (Å²) in [7, 11) is 0. The molecule has 0 spiro atoms. The van der Waals surface area contributed by atoms with Gasteiger partial charge in [-0.3, -0.25) is 0 Å². The third-order valence-electron chi connectivity index (χ3n) is 4.73. The van der Waals surface area contributed by atoms with Crippen molar-refractivity contribution in [2.75, 3.05) is 36.5 Å². The number of anilines is 3. The number of halogens is 1. The maximum Gasteiger partial charge on any atom is 0.263 e. The number of aromatic amines is 1. The summed E-state index contributed by atoms with van der Waals surface area (Å²) in [5.41, 5.74) is 2.14. The molecule has 2 aromatic carbocycles. The Morgan fingerprint density at radius 2 is 1.83 bits per heavy atom. The number of nitrogens with zero attached hydrogens (tertiary/aromatic N) is 4. The van der Waals surface area contributed by atoms with Gasteiger partial charge in [0, 0.05) is 37.2 Å². The van der Waals surface area contributed by atoms with E-state index in [1.54, 1.807) is 18.5 Å². The molecule has 0 saturated carbocycles. The lowest BCUT2D eigenvalue weighted by atomic mass is 10.3. The van der Waals surface area contributed by atoms with Crippen molar-refractivity contribution in [1.29, 1.82) is 0 Å². The molecule has 0 atom stereocenters. The summed E-state index contributed by atoms with van der Waals surface area (Å²) in [4.78, 5) is 18.3. The zero-order chi connectivity index (χ0) is 20.3. The average Bonchev–Trinajstić information content (AvgIpc) is 3.17. The van der Waals surface area contributed by atoms with Crippen molar-refractivity contribution in [1.82, 2.24) is 19.9 Å². The Balaban J connectivity index is 1.30. The number of nitrogens with one attached hydrogen (secondary N) is 2. The molecule has 0 bridgehead atoms. The largest absolute Gasteiger partial charge is 0.436 e. The molecule has 5 rings (SSSR count). The summed E-state index contributed by atoms with van der Waals surface area (Å²) in [5, 5.41) is 3.17. The normalized spacial score (nSPS) is 14.1. The molecule has 2 N–H and O–H groups in total. The van der Waals surface area contributed by atoms with Crippen molar-refractivity contribution in [3.63, 3.8) is 0 Å². The molecule has 1 saturated heterocycles. The zero-order valence-electron chi connectivity index (χ0n) is 16.0. The van der Waals surface area contributed by atoms with Gasteiger partial charge in [-0.2, -0.15) is 0 Å². The molecule has 0 radical (unpaired) electrons. The second kappa shape index (κ2) is 7.96. The topological polar surface area (TPSA) is 88.2 Å². The summed E-state index contributed by atoms with van der Waals surface area (Å²) in [6, 6.07) is 11.9. The van der Waals surface area contributed by atoms with Crippen LogP contribution in [0.1, 0.15) is 0 Å². The van der Waals surface area contributed by atoms with Gasteiger partial charge in [0.15, 0.2) is 5.82 Å². The third kappa shape index (κ3) is 3.87. The molecule has 8 nitrogen and oxygen atoms in total. The van der Waals surface area contributed by atoms with E-state index in [0.717, 1.165) is 24.3 Å². The Morgan fingerprint density at radius 3 is 2.67 bits per heavy atom. The Morgan fingerprint density at radius 1 is 1.03 bits per heavy atom. The number of fused-ring (bicyclic) bond motifs is 1. The van der Waals surface area contributed by atoms with Crippen LogP contribution < -0.4 is 15.0 Å². The van der Waals surface area contributed by atoms with Crippen molar-refractivity contribution in [2.24, 2.45) is 0 Å². The van der Waals surface area contributed by atoms with Crippen LogP contribution in [0, 0.1) is 5.82 Å². The van der Waals surface area contributed by atoms with Crippen LogP contribution in [-0.4, -0.2) is 46.2 Å². The maximum atomic E-state index is 13.3. The van der Waals surface area contributed by atoms with Gasteiger partial charge >= 0.3 is 0 Å². The maximum absolute atomic E-state index is 13.3.